The monoisotopic (exact) mass is 310 g/mol. The van der Waals surface area contributed by atoms with Crippen LogP contribution in [0.2, 0.25) is 0 Å². The average Bonchev–Trinajstić information content (AvgIpc) is 2.89. The Morgan fingerprint density at radius 3 is 2.50 bits per heavy atom. The summed E-state index contributed by atoms with van der Waals surface area (Å²) in [5.74, 6) is 0.684. The molecule has 0 bridgehead atoms. The van der Waals surface area contributed by atoms with Crippen LogP contribution in [0.15, 0.2) is 28.7 Å². The quantitative estimate of drug-likeness (QED) is 0.879. The van der Waals surface area contributed by atoms with Gasteiger partial charge in [0.1, 0.15) is 0 Å². The molecule has 98 valence electrons. The van der Waals surface area contributed by atoms with E-state index in [1.807, 2.05) is 24.3 Å². The number of hydrogen-bond acceptors (Lipinski definition) is 1. The molecule has 0 atom stereocenters. The largest absolute Gasteiger partial charge is 0.338 e. The van der Waals surface area contributed by atoms with Crippen molar-refractivity contribution in [3.8, 4) is 0 Å². The smallest absolute Gasteiger partial charge is 0.315 e. The Labute approximate surface area is 116 Å². The molecule has 1 saturated carbocycles. The van der Waals surface area contributed by atoms with E-state index in [-0.39, 0.29) is 6.03 Å². The van der Waals surface area contributed by atoms with E-state index >= 15 is 0 Å². The van der Waals surface area contributed by atoms with Crippen LogP contribution < -0.4 is 10.6 Å². The third kappa shape index (κ3) is 4.33. The molecule has 0 saturated heterocycles. The summed E-state index contributed by atoms with van der Waals surface area (Å²) in [5, 5.41) is 5.82. The number of hydrogen-bond donors (Lipinski definition) is 2. The van der Waals surface area contributed by atoms with Gasteiger partial charge < -0.3 is 10.6 Å². The number of carbonyl (C=O) groups excluding carboxylic acids is 1. The molecule has 0 aromatic heterocycles. The number of urea groups is 1. The summed E-state index contributed by atoms with van der Waals surface area (Å²) in [7, 11) is 0. The van der Waals surface area contributed by atoms with E-state index in [4.69, 9.17) is 0 Å². The highest BCUT2D eigenvalue weighted by molar-refractivity contribution is 9.10. The average molecular weight is 311 g/mol. The first-order valence-corrected chi connectivity index (χ1v) is 7.29. The van der Waals surface area contributed by atoms with Gasteiger partial charge >= 0.3 is 6.03 Å². The molecule has 1 aliphatic carbocycles. The van der Waals surface area contributed by atoms with E-state index in [9.17, 15) is 4.79 Å². The van der Waals surface area contributed by atoms with Gasteiger partial charge in [-0.15, -0.1) is 0 Å². The fourth-order valence-electron chi connectivity index (χ4n) is 2.30. The molecule has 0 unspecified atom stereocenters. The fourth-order valence-corrected chi connectivity index (χ4v) is 2.56. The van der Waals surface area contributed by atoms with Gasteiger partial charge in [0.2, 0.25) is 0 Å². The van der Waals surface area contributed by atoms with Crippen LogP contribution >= 0.6 is 15.9 Å². The van der Waals surface area contributed by atoms with Crippen molar-refractivity contribution in [2.24, 2.45) is 5.92 Å². The second-order valence-electron chi connectivity index (χ2n) is 4.84. The van der Waals surface area contributed by atoms with Crippen LogP contribution in [0.5, 0.6) is 0 Å². The lowest BCUT2D eigenvalue weighted by Gasteiger charge is -2.11. The molecule has 2 rings (SSSR count). The second kappa shape index (κ2) is 6.78. The SMILES string of the molecule is O=C(NCc1ccc(Br)cc1)NCC1CCCC1. The second-order valence-corrected chi connectivity index (χ2v) is 5.76. The first-order chi connectivity index (χ1) is 8.74. The van der Waals surface area contributed by atoms with Crippen molar-refractivity contribution in [2.75, 3.05) is 6.54 Å². The van der Waals surface area contributed by atoms with Crippen LogP contribution in [0.1, 0.15) is 31.2 Å². The van der Waals surface area contributed by atoms with Crippen LogP contribution in [0, 0.1) is 5.92 Å². The molecular formula is C14H19BrN2O. The van der Waals surface area contributed by atoms with Crippen molar-refractivity contribution in [3.63, 3.8) is 0 Å². The molecule has 1 fully saturated rings. The van der Waals surface area contributed by atoms with Crippen molar-refractivity contribution in [1.82, 2.24) is 10.6 Å². The Bertz CT molecular complexity index is 385. The maximum absolute atomic E-state index is 11.6. The van der Waals surface area contributed by atoms with Crippen molar-refractivity contribution >= 4 is 22.0 Å². The number of carbonyl (C=O) groups is 1. The van der Waals surface area contributed by atoms with Gasteiger partial charge in [-0.05, 0) is 36.5 Å². The van der Waals surface area contributed by atoms with E-state index < -0.39 is 0 Å². The van der Waals surface area contributed by atoms with Gasteiger partial charge in [0, 0.05) is 17.6 Å². The highest BCUT2D eigenvalue weighted by Gasteiger charge is 2.15. The normalized spacial score (nSPS) is 15.6. The third-order valence-electron chi connectivity index (χ3n) is 3.39. The molecule has 2 N–H and O–H groups in total. The van der Waals surface area contributed by atoms with E-state index in [1.165, 1.54) is 25.7 Å². The minimum absolute atomic E-state index is 0.0650. The molecule has 1 aromatic carbocycles. The zero-order valence-electron chi connectivity index (χ0n) is 10.4. The van der Waals surface area contributed by atoms with Crippen molar-refractivity contribution < 1.29 is 4.79 Å². The minimum atomic E-state index is -0.0650. The Balaban J connectivity index is 1.66. The molecule has 1 aliphatic rings. The predicted molar refractivity (Wildman–Crippen MR) is 76.3 cm³/mol. The van der Waals surface area contributed by atoms with Gasteiger partial charge in [0.15, 0.2) is 0 Å². The van der Waals surface area contributed by atoms with Crippen molar-refractivity contribution in [3.05, 3.63) is 34.3 Å². The van der Waals surface area contributed by atoms with Gasteiger partial charge in [-0.2, -0.15) is 0 Å². The molecule has 4 heteroatoms. The maximum Gasteiger partial charge on any atom is 0.315 e. The highest BCUT2D eigenvalue weighted by atomic mass is 79.9. The molecule has 0 heterocycles. The molecule has 0 radical (unpaired) electrons. The van der Waals surface area contributed by atoms with Crippen LogP contribution in [-0.4, -0.2) is 12.6 Å². The van der Waals surface area contributed by atoms with Gasteiger partial charge in [-0.3, -0.25) is 0 Å². The summed E-state index contributed by atoms with van der Waals surface area (Å²) in [6.45, 7) is 1.38. The van der Waals surface area contributed by atoms with E-state index in [0.29, 0.717) is 12.5 Å². The van der Waals surface area contributed by atoms with Gasteiger partial charge in [0.05, 0.1) is 0 Å². The van der Waals surface area contributed by atoms with Crippen molar-refractivity contribution in [2.45, 2.75) is 32.2 Å². The van der Waals surface area contributed by atoms with Crippen LogP contribution in [0.3, 0.4) is 0 Å². The lowest BCUT2D eigenvalue weighted by atomic mass is 10.1. The number of amides is 2. The minimum Gasteiger partial charge on any atom is -0.338 e. The lowest BCUT2D eigenvalue weighted by Crippen LogP contribution is -2.37. The first kappa shape index (κ1) is 13.4. The summed E-state index contributed by atoms with van der Waals surface area (Å²) < 4.78 is 1.05. The molecule has 3 nitrogen and oxygen atoms in total. The molecule has 0 aliphatic heterocycles. The summed E-state index contributed by atoms with van der Waals surface area (Å²) in [5.41, 5.74) is 1.11. The van der Waals surface area contributed by atoms with Crippen LogP contribution in [0.25, 0.3) is 0 Å². The molecular weight excluding hydrogens is 292 g/mol. The lowest BCUT2D eigenvalue weighted by molar-refractivity contribution is 0.238. The van der Waals surface area contributed by atoms with Crippen LogP contribution in [-0.2, 0) is 6.54 Å². The summed E-state index contributed by atoms with van der Waals surface area (Å²) >= 11 is 3.39. The van der Waals surface area contributed by atoms with E-state index in [1.54, 1.807) is 0 Å². The molecule has 18 heavy (non-hydrogen) atoms. The first-order valence-electron chi connectivity index (χ1n) is 6.50. The molecule has 1 aromatic rings. The zero-order chi connectivity index (χ0) is 12.8. The number of benzene rings is 1. The maximum atomic E-state index is 11.6. The summed E-state index contributed by atoms with van der Waals surface area (Å²) in [6, 6.07) is 7.90. The summed E-state index contributed by atoms with van der Waals surface area (Å²) in [4.78, 5) is 11.6. The van der Waals surface area contributed by atoms with Gasteiger partial charge in [-0.25, -0.2) is 4.79 Å². The zero-order valence-corrected chi connectivity index (χ0v) is 12.0. The summed E-state index contributed by atoms with van der Waals surface area (Å²) in [6.07, 6.45) is 5.14. The van der Waals surface area contributed by atoms with Gasteiger partial charge in [-0.1, -0.05) is 40.9 Å². The van der Waals surface area contributed by atoms with Crippen molar-refractivity contribution in [1.29, 1.82) is 0 Å². The fraction of sp³-hybridized carbons (Fsp3) is 0.500. The Morgan fingerprint density at radius 2 is 1.83 bits per heavy atom. The van der Waals surface area contributed by atoms with Crippen LogP contribution in [0.4, 0.5) is 4.79 Å². The number of nitrogens with one attached hydrogen (secondary N) is 2. The number of rotatable bonds is 4. The third-order valence-corrected chi connectivity index (χ3v) is 3.92. The Hall–Kier alpha value is -1.03. The predicted octanol–water partition coefficient (Wildman–Crippen LogP) is 3.44. The molecule has 2 amide bonds. The van der Waals surface area contributed by atoms with E-state index in [0.717, 1.165) is 16.6 Å². The molecule has 0 spiro atoms. The van der Waals surface area contributed by atoms with E-state index in [2.05, 4.69) is 26.6 Å². The standard InChI is InChI=1S/C14H19BrN2O/c15-13-7-5-12(6-8-13)10-17-14(18)16-9-11-3-1-2-4-11/h5-8,11H,1-4,9-10H2,(H2,16,17,18). The number of halogens is 1. The Morgan fingerprint density at radius 1 is 1.17 bits per heavy atom. The topological polar surface area (TPSA) is 41.1 Å². The highest BCUT2D eigenvalue weighted by Crippen LogP contribution is 2.23. The van der Waals surface area contributed by atoms with Gasteiger partial charge in [0.25, 0.3) is 0 Å². The Kier molecular flexibility index (Phi) is 5.05.